The fraction of sp³-hybridized carbons (Fsp3) is 0.400. The van der Waals surface area contributed by atoms with Crippen LogP contribution in [-0.2, 0) is 20.8 Å². The van der Waals surface area contributed by atoms with Crippen LogP contribution < -0.4 is 5.32 Å². The molecule has 1 aromatic rings. The number of rotatable bonds is 3. The molecule has 0 radical (unpaired) electrons. The summed E-state index contributed by atoms with van der Waals surface area (Å²) in [6, 6.07) is 7.42. The number of hydrogen-bond donors (Lipinski definition) is 1. The summed E-state index contributed by atoms with van der Waals surface area (Å²) in [5, 5.41) is 2.67. The average Bonchev–Trinajstić information content (AvgIpc) is 2.54. The molecule has 0 saturated carbocycles. The van der Waals surface area contributed by atoms with Crippen LogP contribution in [0.3, 0.4) is 0 Å². The van der Waals surface area contributed by atoms with Crippen molar-refractivity contribution in [2.75, 3.05) is 31.5 Å². The van der Waals surface area contributed by atoms with Crippen LogP contribution in [0.15, 0.2) is 24.3 Å². The molecule has 1 aromatic carbocycles. The molecule has 1 aliphatic heterocycles. The Morgan fingerprint density at radius 1 is 1.19 bits per heavy atom. The molecule has 0 unspecified atom stereocenters. The molecule has 2 rings (SSSR count). The second-order valence-electron chi connectivity index (χ2n) is 4.90. The molecular weight excluding hydrogens is 270 g/mol. The highest BCUT2D eigenvalue weighted by Crippen LogP contribution is 2.15. The van der Waals surface area contributed by atoms with Gasteiger partial charge in [-0.25, -0.2) is 0 Å². The van der Waals surface area contributed by atoms with E-state index < -0.39 is 11.8 Å². The van der Waals surface area contributed by atoms with Crippen molar-refractivity contribution in [3.05, 3.63) is 29.8 Å². The van der Waals surface area contributed by atoms with Gasteiger partial charge in [-0.15, -0.1) is 0 Å². The number of amides is 3. The molecule has 1 fully saturated rings. The second-order valence-corrected chi connectivity index (χ2v) is 4.90. The van der Waals surface area contributed by atoms with Gasteiger partial charge in [0, 0.05) is 31.9 Å². The topological polar surface area (TPSA) is 69.7 Å². The van der Waals surface area contributed by atoms with Crippen LogP contribution in [-0.4, -0.2) is 54.2 Å². The third kappa shape index (κ3) is 3.59. The zero-order chi connectivity index (χ0) is 15.2. The monoisotopic (exact) mass is 289 g/mol. The van der Waals surface area contributed by atoms with E-state index in [0.717, 1.165) is 18.4 Å². The Labute approximate surface area is 123 Å². The minimum absolute atomic E-state index is 0.389. The van der Waals surface area contributed by atoms with E-state index in [4.69, 9.17) is 0 Å². The first kappa shape index (κ1) is 15.0. The van der Waals surface area contributed by atoms with Gasteiger partial charge in [-0.3, -0.25) is 14.4 Å². The molecule has 112 valence electrons. The normalized spacial score (nSPS) is 14.7. The standard InChI is InChI=1S/C15H19N3O3/c1-2-12-5-3-4-6-13(12)16-14(20)15(21)18-9-7-17(11-19)8-10-18/h3-6,11H,2,7-10H2,1H3,(H,16,20). The molecule has 6 heteroatoms. The first-order valence-corrected chi connectivity index (χ1v) is 7.03. The predicted octanol–water partition coefficient (Wildman–Crippen LogP) is 0.488. The fourth-order valence-corrected chi connectivity index (χ4v) is 2.30. The maximum absolute atomic E-state index is 12.1. The number of carbonyl (C=O) groups is 3. The van der Waals surface area contributed by atoms with Gasteiger partial charge < -0.3 is 15.1 Å². The first-order valence-electron chi connectivity index (χ1n) is 7.03. The quantitative estimate of drug-likeness (QED) is 0.650. The molecule has 6 nitrogen and oxygen atoms in total. The Balaban J connectivity index is 1.97. The van der Waals surface area contributed by atoms with Gasteiger partial charge in [0.2, 0.25) is 6.41 Å². The molecular formula is C15H19N3O3. The van der Waals surface area contributed by atoms with E-state index in [0.29, 0.717) is 31.9 Å². The van der Waals surface area contributed by atoms with E-state index in [-0.39, 0.29) is 0 Å². The van der Waals surface area contributed by atoms with Gasteiger partial charge in [-0.1, -0.05) is 25.1 Å². The molecule has 0 atom stereocenters. The van der Waals surface area contributed by atoms with Gasteiger partial charge in [0.25, 0.3) is 0 Å². The summed E-state index contributed by atoms with van der Waals surface area (Å²) in [4.78, 5) is 37.8. The van der Waals surface area contributed by atoms with Gasteiger partial charge in [0.15, 0.2) is 0 Å². The van der Waals surface area contributed by atoms with Crippen LogP contribution in [0.25, 0.3) is 0 Å². The summed E-state index contributed by atoms with van der Waals surface area (Å²) in [6.07, 6.45) is 1.54. The van der Waals surface area contributed by atoms with Crippen LogP contribution in [0.1, 0.15) is 12.5 Å². The van der Waals surface area contributed by atoms with Crippen LogP contribution in [0, 0.1) is 0 Å². The number of para-hydroxylation sites is 1. The number of carbonyl (C=O) groups excluding carboxylic acids is 3. The second kappa shape index (κ2) is 6.88. The number of piperazine rings is 1. The number of anilines is 1. The van der Waals surface area contributed by atoms with Gasteiger partial charge >= 0.3 is 11.8 Å². The molecule has 0 aliphatic carbocycles. The summed E-state index contributed by atoms with van der Waals surface area (Å²) in [7, 11) is 0. The number of nitrogens with zero attached hydrogens (tertiary/aromatic N) is 2. The number of aryl methyl sites for hydroxylation is 1. The number of nitrogens with one attached hydrogen (secondary N) is 1. The largest absolute Gasteiger partial charge is 0.342 e. The highest BCUT2D eigenvalue weighted by atomic mass is 16.2. The lowest BCUT2D eigenvalue weighted by Crippen LogP contribution is -2.51. The molecule has 1 saturated heterocycles. The van der Waals surface area contributed by atoms with Crippen molar-refractivity contribution < 1.29 is 14.4 Å². The van der Waals surface area contributed by atoms with E-state index in [1.165, 1.54) is 4.90 Å². The van der Waals surface area contributed by atoms with Gasteiger partial charge in [0.05, 0.1) is 0 Å². The van der Waals surface area contributed by atoms with Crippen molar-refractivity contribution >= 4 is 23.9 Å². The third-order valence-corrected chi connectivity index (χ3v) is 3.59. The lowest BCUT2D eigenvalue weighted by Gasteiger charge is -2.32. The molecule has 21 heavy (non-hydrogen) atoms. The number of benzene rings is 1. The Kier molecular flexibility index (Phi) is 4.92. The van der Waals surface area contributed by atoms with Gasteiger partial charge in [0.1, 0.15) is 0 Å². The molecule has 0 bridgehead atoms. The average molecular weight is 289 g/mol. The van der Waals surface area contributed by atoms with Crippen molar-refractivity contribution in [1.29, 1.82) is 0 Å². The SMILES string of the molecule is CCc1ccccc1NC(=O)C(=O)N1CCN(C=O)CC1. The number of hydrogen-bond acceptors (Lipinski definition) is 3. The maximum atomic E-state index is 12.1. The summed E-state index contributed by atoms with van der Waals surface area (Å²) in [5.41, 5.74) is 1.66. The fourth-order valence-electron chi connectivity index (χ4n) is 2.30. The third-order valence-electron chi connectivity index (χ3n) is 3.59. The predicted molar refractivity (Wildman–Crippen MR) is 78.7 cm³/mol. The summed E-state index contributed by atoms with van der Waals surface area (Å²) in [6.45, 7) is 3.70. The van der Waals surface area contributed by atoms with Crippen molar-refractivity contribution in [1.82, 2.24) is 9.80 Å². The smallest absolute Gasteiger partial charge is 0.313 e. The molecule has 0 aromatic heterocycles. The Bertz CT molecular complexity index is 537. The van der Waals surface area contributed by atoms with E-state index in [1.807, 2.05) is 25.1 Å². The van der Waals surface area contributed by atoms with E-state index in [1.54, 1.807) is 11.0 Å². The zero-order valence-corrected chi connectivity index (χ0v) is 12.0. The molecule has 1 aliphatic rings. The van der Waals surface area contributed by atoms with Gasteiger partial charge in [-0.05, 0) is 18.1 Å². The Hall–Kier alpha value is -2.37. The van der Waals surface area contributed by atoms with Crippen molar-refractivity contribution in [3.8, 4) is 0 Å². The Morgan fingerprint density at radius 2 is 1.86 bits per heavy atom. The molecule has 1 heterocycles. The summed E-state index contributed by atoms with van der Waals surface area (Å²) >= 11 is 0. The minimum atomic E-state index is -0.629. The van der Waals surface area contributed by atoms with Crippen LogP contribution in [0.5, 0.6) is 0 Å². The maximum Gasteiger partial charge on any atom is 0.313 e. The van der Waals surface area contributed by atoms with Crippen LogP contribution >= 0.6 is 0 Å². The summed E-state index contributed by atoms with van der Waals surface area (Å²) in [5.74, 6) is -1.18. The minimum Gasteiger partial charge on any atom is -0.342 e. The van der Waals surface area contributed by atoms with Crippen molar-refractivity contribution in [2.24, 2.45) is 0 Å². The lowest BCUT2D eigenvalue weighted by molar-refractivity contribution is -0.144. The highest BCUT2D eigenvalue weighted by Gasteiger charge is 2.25. The molecule has 3 amide bonds. The van der Waals surface area contributed by atoms with E-state index in [9.17, 15) is 14.4 Å². The highest BCUT2D eigenvalue weighted by molar-refractivity contribution is 6.39. The van der Waals surface area contributed by atoms with Crippen LogP contribution in [0.2, 0.25) is 0 Å². The zero-order valence-electron chi connectivity index (χ0n) is 12.0. The lowest BCUT2D eigenvalue weighted by atomic mass is 10.1. The van der Waals surface area contributed by atoms with E-state index >= 15 is 0 Å². The molecule has 0 spiro atoms. The van der Waals surface area contributed by atoms with Gasteiger partial charge in [-0.2, -0.15) is 0 Å². The van der Waals surface area contributed by atoms with Crippen molar-refractivity contribution in [2.45, 2.75) is 13.3 Å². The van der Waals surface area contributed by atoms with Crippen LogP contribution in [0.4, 0.5) is 5.69 Å². The molecule has 1 N–H and O–H groups in total. The summed E-state index contributed by atoms with van der Waals surface area (Å²) < 4.78 is 0. The first-order chi connectivity index (χ1) is 10.2. The Morgan fingerprint density at radius 3 is 2.48 bits per heavy atom. The van der Waals surface area contributed by atoms with Crippen molar-refractivity contribution in [3.63, 3.8) is 0 Å². The van der Waals surface area contributed by atoms with E-state index in [2.05, 4.69) is 5.32 Å².